The zero-order chi connectivity index (χ0) is 9.84. The van der Waals surface area contributed by atoms with Gasteiger partial charge < -0.3 is 5.11 Å². The van der Waals surface area contributed by atoms with E-state index < -0.39 is 0 Å². The monoisotopic (exact) mass is 176 g/mol. The van der Waals surface area contributed by atoms with Crippen LogP contribution in [0.1, 0.15) is 36.7 Å². The van der Waals surface area contributed by atoms with Gasteiger partial charge in [-0.1, -0.05) is 19.9 Å². The Kier molecular flexibility index (Phi) is 2.99. The van der Waals surface area contributed by atoms with E-state index in [1.807, 2.05) is 26.0 Å². The summed E-state index contributed by atoms with van der Waals surface area (Å²) in [6, 6.07) is 5.62. The van der Waals surface area contributed by atoms with E-state index in [0.29, 0.717) is 11.4 Å². The van der Waals surface area contributed by atoms with Gasteiger partial charge in [0.2, 0.25) is 0 Å². The first-order valence-electron chi connectivity index (χ1n) is 4.19. The van der Waals surface area contributed by atoms with E-state index in [-0.39, 0.29) is 12.5 Å². The van der Waals surface area contributed by atoms with Gasteiger partial charge in [-0.2, -0.15) is 5.26 Å². The van der Waals surface area contributed by atoms with Gasteiger partial charge in [-0.05, 0) is 17.5 Å². The zero-order valence-corrected chi connectivity index (χ0v) is 7.78. The molecule has 3 nitrogen and oxygen atoms in total. The predicted molar refractivity (Wildman–Crippen MR) is 49.0 cm³/mol. The van der Waals surface area contributed by atoms with Crippen molar-refractivity contribution in [3.63, 3.8) is 0 Å². The number of aliphatic hydroxyl groups excluding tert-OH is 1. The van der Waals surface area contributed by atoms with Gasteiger partial charge in [0.15, 0.2) is 0 Å². The van der Waals surface area contributed by atoms with Crippen molar-refractivity contribution in [1.29, 1.82) is 5.26 Å². The Hall–Kier alpha value is -1.40. The molecule has 0 saturated carbocycles. The minimum Gasteiger partial charge on any atom is -0.390 e. The Morgan fingerprint density at radius 3 is 2.69 bits per heavy atom. The van der Waals surface area contributed by atoms with E-state index in [0.717, 1.165) is 5.56 Å². The fraction of sp³-hybridized carbons (Fsp3) is 0.400. The highest BCUT2D eigenvalue weighted by atomic mass is 16.3. The van der Waals surface area contributed by atoms with Crippen molar-refractivity contribution >= 4 is 0 Å². The summed E-state index contributed by atoms with van der Waals surface area (Å²) in [4.78, 5) is 4.02. The van der Waals surface area contributed by atoms with Gasteiger partial charge in [0.25, 0.3) is 0 Å². The highest BCUT2D eigenvalue weighted by Gasteiger charge is 2.07. The van der Waals surface area contributed by atoms with Crippen molar-refractivity contribution in [3.8, 4) is 6.07 Å². The molecule has 0 amide bonds. The Morgan fingerprint density at radius 1 is 1.54 bits per heavy atom. The topological polar surface area (TPSA) is 56.9 Å². The summed E-state index contributed by atoms with van der Waals surface area (Å²) in [7, 11) is 0. The zero-order valence-electron chi connectivity index (χ0n) is 7.78. The van der Waals surface area contributed by atoms with Gasteiger partial charge in [-0.3, -0.25) is 0 Å². The second-order valence-corrected chi connectivity index (χ2v) is 3.17. The first-order valence-corrected chi connectivity index (χ1v) is 4.19. The summed E-state index contributed by atoms with van der Waals surface area (Å²) in [5.74, 6) is 0.287. The van der Waals surface area contributed by atoms with Crippen molar-refractivity contribution in [2.24, 2.45) is 0 Å². The van der Waals surface area contributed by atoms with Crippen molar-refractivity contribution in [2.75, 3.05) is 0 Å². The number of hydrogen-bond donors (Lipinski definition) is 1. The van der Waals surface area contributed by atoms with Crippen LogP contribution in [0, 0.1) is 11.3 Å². The molecule has 0 bridgehead atoms. The van der Waals surface area contributed by atoms with Gasteiger partial charge in [-0.15, -0.1) is 0 Å². The molecule has 0 aliphatic heterocycles. The van der Waals surface area contributed by atoms with Crippen LogP contribution >= 0.6 is 0 Å². The lowest BCUT2D eigenvalue weighted by atomic mass is 10.0. The number of aliphatic hydroxyl groups is 1. The van der Waals surface area contributed by atoms with Crippen LogP contribution in [-0.4, -0.2) is 10.1 Å². The standard InChI is InChI=1S/C10H12N2O/c1-7(2)9-4-3-8(6-13)12-10(9)5-11/h3-4,7,13H,6H2,1-2H3. The Bertz CT molecular complexity index is 339. The van der Waals surface area contributed by atoms with E-state index in [9.17, 15) is 0 Å². The maximum absolute atomic E-state index is 8.82. The Labute approximate surface area is 77.7 Å². The lowest BCUT2D eigenvalue weighted by molar-refractivity contribution is 0.276. The molecule has 0 fully saturated rings. The Balaban J connectivity index is 3.18. The van der Waals surface area contributed by atoms with Gasteiger partial charge in [0.1, 0.15) is 11.8 Å². The lowest BCUT2D eigenvalue weighted by Gasteiger charge is -2.07. The smallest absolute Gasteiger partial charge is 0.144 e. The summed E-state index contributed by atoms with van der Waals surface area (Å²) < 4.78 is 0. The van der Waals surface area contributed by atoms with Crippen molar-refractivity contribution < 1.29 is 5.11 Å². The van der Waals surface area contributed by atoms with Crippen LogP contribution in [0.3, 0.4) is 0 Å². The van der Waals surface area contributed by atoms with Gasteiger partial charge >= 0.3 is 0 Å². The lowest BCUT2D eigenvalue weighted by Crippen LogP contribution is -1.99. The summed E-state index contributed by atoms with van der Waals surface area (Å²) >= 11 is 0. The predicted octanol–water partition coefficient (Wildman–Crippen LogP) is 1.57. The molecule has 0 unspecified atom stereocenters. The van der Waals surface area contributed by atoms with Gasteiger partial charge in [0, 0.05) is 0 Å². The minimum absolute atomic E-state index is 0.118. The number of hydrogen-bond acceptors (Lipinski definition) is 3. The van der Waals surface area contributed by atoms with Crippen molar-refractivity contribution in [2.45, 2.75) is 26.4 Å². The molecule has 0 radical (unpaired) electrons. The van der Waals surface area contributed by atoms with E-state index in [1.165, 1.54) is 0 Å². The summed E-state index contributed by atoms with van der Waals surface area (Å²) in [6.07, 6.45) is 0. The van der Waals surface area contributed by atoms with E-state index in [2.05, 4.69) is 4.98 Å². The third kappa shape index (κ3) is 2.04. The largest absolute Gasteiger partial charge is 0.390 e. The van der Waals surface area contributed by atoms with E-state index >= 15 is 0 Å². The number of aromatic nitrogens is 1. The van der Waals surface area contributed by atoms with Gasteiger partial charge in [0.05, 0.1) is 12.3 Å². The molecule has 1 aromatic heterocycles. The quantitative estimate of drug-likeness (QED) is 0.744. The molecule has 0 atom stereocenters. The van der Waals surface area contributed by atoms with Gasteiger partial charge in [-0.25, -0.2) is 4.98 Å². The molecule has 1 N–H and O–H groups in total. The average Bonchev–Trinajstić information content (AvgIpc) is 2.16. The van der Waals surface area contributed by atoms with Crippen LogP contribution in [0.4, 0.5) is 0 Å². The molecule has 68 valence electrons. The van der Waals surface area contributed by atoms with Crippen LogP contribution in [0.25, 0.3) is 0 Å². The van der Waals surface area contributed by atoms with Crippen LogP contribution in [-0.2, 0) is 6.61 Å². The van der Waals surface area contributed by atoms with Crippen molar-refractivity contribution in [3.05, 3.63) is 29.1 Å². The maximum atomic E-state index is 8.82. The number of nitrogens with zero attached hydrogens (tertiary/aromatic N) is 2. The van der Waals surface area contributed by atoms with E-state index in [1.54, 1.807) is 6.07 Å². The summed E-state index contributed by atoms with van der Waals surface area (Å²) in [6.45, 7) is 3.90. The maximum Gasteiger partial charge on any atom is 0.144 e. The number of pyridine rings is 1. The second kappa shape index (κ2) is 4.01. The summed E-state index contributed by atoms with van der Waals surface area (Å²) in [5.41, 5.74) is 1.89. The Morgan fingerprint density at radius 2 is 2.23 bits per heavy atom. The van der Waals surface area contributed by atoms with Crippen LogP contribution < -0.4 is 0 Å². The van der Waals surface area contributed by atoms with Crippen LogP contribution in [0.5, 0.6) is 0 Å². The molecule has 0 spiro atoms. The molecule has 0 saturated heterocycles. The SMILES string of the molecule is CC(C)c1ccc(CO)nc1C#N. The fourth-order valence-electron chi connectivity index (χ4n) is 1.15. The number of nitriles is 1. The normalized spacial score (nSPS) is 10.1. The highest BCUT2D eigenvalue weighted by molar-refractivity contribution is 5.34. The third-order valence-corrected chi connectivity index (χ3v) is 1.87. The molecule has 1 aromatic rings. The molecule has 0 aromatic carbocycles. The van der Waals surface area contributed by atoms with Crippen LogP contribution in [0.2, 0.25) is 0 Å². The van der Waals surface area contributed by atoms with Crippen LogP contribution in [0.15, 0.2) is 12.1 Å². The minimum atomic E-state index is -0.118. The molecule has 0 aliphatic carbocycles. The second-order valence-electron chi connectivity index (χ2n) is 3.17. The highest BCUT2D eigenvalue weighted by Crippen LogP contribution is 2.17. The first kappa shape index (κ1) is 9.69. The third-order valence-electron chi connectivity index (χ3n) is 1.87. The molecule has 13 heavy (non-hydrogen) atoms. The van der Waals surface area contributed by atoms with Crippen molar-refractivity contribution in [1.82, 2.24) is 4.98 Å². The number of rotatable bonds is 2. The molecule has 1 rings (SSSR count). The fourth-order valence-corrected chi connectivity index (χ4v) is 1.15. The first-order chi connectivity index (χ1) is 6.19. The summed E-state index contributed by atoms with van der Waals surface area (Å²) in [5, 5.41) is 17.6. The molecule has 3 heteroatoms. The average molecular weight is 176 g/mol. The molecule has 1 heterocycles. The van der Waals surface area contributed by atoms with E-state index in [4.69, 9.17) is 10.4 Å². The molecular weight excluding hydrogens is 164 g/mol. The molecular formula is C10H12N2O. The molecule has 0 aliphatic rings.